The van der Waals surface area contributed by atoms with Crippen LogP contribution in [0.1, 0.15) is 16.7 Å². The van der Waals surface area contributed by atoms with Gasteiger partial charge in [-0.2, -0.15) is 5.10 Å². The third-order valence-corrected chi connectivity index (χ3v) is 4.15. The smallest absolute Gasteiger partial charge is 0.277 e. The Bertz CT molecular complexity index is 950. The molecule has 0 bridgehead atoms. The van der Waals surface area contributed by atoms with Gasteiger partial charge < -0.3 is 4.74 Å². The molecule has 0 fully saturated rings. The highest BCUT2D eigenvalue weighted by molar-refractivity contribution is 5.84. The minimum Gasteiger partial charge on any atom is -0.483 e. The molecule has 0 aliphatic rings. The van der Waals surface area contributed by atoms with E-state index in [0.29, 0.717) is 5.75 Å². The fourth-order valence-electron chi connectivity index (χ4n) is 2.77. The molecule has 27 heavy (non-hydrogen) atoms. The Morgan fingerprint density at radius 1 is 1.00 bits per heavy atom. The number of ether oxygens (including phenoxy) is 1. The van der Waals surface area contributed by atoms with Crippen LogP contribution >= 0.6 is 0 Å². The maximum atomic E-state index is 12.0. The standard InChI is InChI=1S/C23H22N2O2/c1-17-12-13-20(18(2)14-17)15-24-25-23(26)16-27-22-11-7-6-10-21(22)19-8-4-3-5-9-19/h3-15H,16H2,1-2H3,(H,25,26)/b24-15-. The SMILES string of the molecule is Cc1ccc(/C=N\NC(=O)COc2ccccc2-c2ccccc2)c(C)c1. The summed E-state index contributed by atoms with van der Waals surface area (Å²) >= 11 is 0. The summed E-state index contributed by atoms with van der Waals surface area (Å²) in [5.41, 5.74) is 7.77. The molecule has 3 rings (SSSR count). The summed E-state index contributed by atoms with van der Waals surface area (Å²) < 4.78 is 5.71. The number of hydrazone groups is 1. The summed E-state index contributed by atoms with van der Waals surface area (Å²) in [6.45, 7) is 3.95. The van der Waals surface area contributed by atoms with Crippen molar-refractivity contribution in [1.29, 1.82) is 0 Å². The number of benzene rings is 3. The molecule has 1 amide bonds. The van der Waals surface area contributed by atoms with Gasteiger partial charge in [0, 0.05) is 5.56 Å². The second kappa shape index (κ2) is 8.81. The Kier molecular flexibility index (Phi) is 6.00. The highest BCUT2D eigenvalue weighted by atomic mass is 16.5. The van der Waals surface area contributed by atoms with Crippen molar-refractivity contribution >= 4 is 12.1 Å². The minimum absolute atomic E-state index is 0.103. The van der Waals surface area contributed by atoms with Crippen LogP contribution in [-0.4, -0.2) is 18.7 Å². The van der Waals surface area contributed by atoms with Crippen molar-refractivity contribution in [3.8, 4) is 16.9 Å². The van der Waals surface area contributed by atoms with Gasteiger partial charge in [0.05, 0.1) is 6.21 Å². The van der Waals surface area contributed by atoms with E-state index in [-0.39, 0.29) is 12.5 Å². The molecule has 3 aromatic rings. The van der Waals surface area contributed by atoms with Gasteiger partial charge in [0.1, 0.15) is 5.75 Å². The lowest BCUT2D eigenvalue weighted by atomic mass is 10.1. The van der Waals surface area contributed by atoms with E-state index in [4.69, 9.17) is 4.74 Å². The topological polar surface area (TPSA) is 50.7 Å². The first kappa shape index (κ1) is 18.4. The van der Waals surface area contributed by atoms with E-state index in [2.05, 4.69) is 16.6 Å². The van der Waals surface area contributed by atoms with Crippen molar-refractivity contribution in [3.63, 3.8) is 0 Å². The molecule has 0 saturated heterocycles. The number of carbonyl (C=O) groups is 1. The molecule has 0 spiro atoms. The molecule has 0 saturated carbocycles. The largest absolute Gasteiger partial charge is 0.483 e. The molecule has 136 valence electrons. The highest BCUT2D eigenvalue weighted by Crippen LogP contribution is 2.29. The molecule has 0 radical (unpaired) electrons. The summed E-state index contributed by atoms with van der Waals surface area (Å²) in [7, 11) is 0. The first-order valence-corrected chi connectivity index (χ1v) is 8.80. The average molecular weight is 358 g/mol. The molecule has 0 aromatic heterocycles. The average Bonchev–Trinajstić information content (AvgIpc) is 2.69. The lowest BCUT2D eigenvalue weighted by molar-refractivity contribution is -0.123. The Morgan fingerprint density at radius 3 is 2.52 bits per heavy atom. The zero-order valence-electron chi connectivity index (χ0n) is 15.5. The molecule has 3 aromatic carbocycles. The van der Waals surface area contributed by atoms with Gasteiger partial charge >= 0.3 is 0 Å². The van der Waals surface area contributed by atoms with Gasteiger partial charge in [-0.1, -0.05) is 72.3 Å². The number of para-hydroxylation sites is 1. The van der Waals surface area contributed by atoms with Gasteiger partial charge in [-0.05, 0) is 36.6 Å². The van der Waals surface area contributed by atoms with Gasteiger partial charge in [-0.25, -0.2) is 5.43 Å². The monoisotopic (exact) mass is 358 g/mol. The van der Waals surface area contributed by atoms with E-state index in [1.54, 1.807) is 6.21 Å². The summed E-state index contributed by atoms with van der Waals surface area (Å²) in [6.07, 6.45) is 1.64. The second-order valence-electron chi connectivity index (χ2n) is 6.30. The molecular formula is C23H22N2O2. The first-order valence-electron chi connectivity index (χ1n) is 8.80. The molecule has 0 aliphatic carbocycles. The summed E-state index contributed by atoms with van der Waals surface area (Å²) in [4.78, 5) is 12.0. The van der Waals surface area contributed by atoms with Crippen LogP contribution in [0.4, 0.5) is 0 Å². The van der Waals surface area contributed by atoms with Gasteiger partial charge in [-0.15, -0.1) is 0 Å². The van der Waals surface area contributed by atoms with Gasteiger partial charge in [0.15, 0.2) is 6.61 Å². The van der Waals surface area contributed by atoms with Crippen LogP contribution in [0.2, 0.25) is 0 Å². The number of hydrogen-bond acceptors (Lipinski definition) is 3. The quantitative estimate of drug-likeness (QED) is 0.521. The number of carbonyl (C=O) groups excluding carboxylic acids is 1. The van der Waals surface area contributed by atoms with Crippen molar-refractivity contribution in [1.82, 2.24) is 5.43 Å². The van der Waals surface area contributed by atoms with Crippen molar-refractivity contribution in [2.75, 3.05) is 6.61 Å². The fourth-order valence-corrected chi connectivity index (χ4v) is 2.77. The van der Waals surface area contributed by atoms with E-state index in [1.807, 2.05) is 80.6 Å². The first-order chi connectivity index (χ1) is 13.1. The number of nitrogens with one attached hydrogen (secondary N) is 1. The van der Waals surface area contributed by atoms with Crippen LogP contribution in [0.5, 0.6) is 5.75 Å². The van der Waals surface area contributed by atoms with Crippen LogP contribution < -0.4 is 10.2 Å². The molecule has 0 atom stereocenters. The summed E-state index contributed by atoms with van der Waals surface area (Å²) in [5, 5.41) is 4.02. The maximum absolute atomic E-state index is 12.0. The molecule has 0 unspecified atom stereocenters. The molecular weight excluding hydrogens is 336 g/mol. The Hall–Kier alpha value is -3.40. The normalized spacial score (nSPS) is 10.7. The number of rotatable bonds is 6. The van der Waals surface area contributed by atoms with E-state index in [1.165, 1.54) is 5.56 Å². The Morgan fingerprint density at radius 2 is 1.74 bits per heavy atom. The second-order valence-corrected chi connectivity index (χ2v) is 6.30. The van der Waals surface area contributed by atoms with E-state index < -0.39 is 0 Å². The van der Waals surface area contributed by atoms with Crippen LogP contribution in [0, 0.1) is 13.8 Å². The van der Waals surface area contributed by atoms with Gasteiger partial charge in [-0.3, -0.25) is 4.79 Å². The Balaban J connectivity index is 1.59. The molecule has 0 aliphatic heterocycles. The van der Waals surface area contributed by atoms with E-state index >= 15 is 0 Å². The lowest BCUT2D eigenvalue weighted by Gasteiger charge is -2.11. The van der Waals surface area contributed by atoms with Crippen LogP contribution in [-0.2, 0) is 4.79 Å². The van der Waals surface area contributed by atoms with Gasteiger partial charge in [0.2, 0.25) is 0 Å². The predicted octanol–water partition coefficient (Wildman–Crippen LogP) is 4.50. The lowest BCUT2D eigenvalue weighted by Crippen LogP contribution is -2.24. The maximum Gasteiger partial charge on any atom is 0.277 e. The van der Waals surface area contributed by atoms with Crippen LogP contribution in [0.15, 0.2) is 77.9 Å². The van der Waals surface area contributed by atoms with E-state index in [9.17, 15) is 4.79 Å². The van der Waals surface area contributed by atoms with Gasteiger partial charge in [0.25, 0.3) is 5.91 Å². The fraction of sp³-hybridized carbons (Fsp3) is 0.130. The van der Waals surface area contributed by atoms with Crippen LogP contribution in [0.3, 0.4) is 0 Å². The third kappa shape index (κ3) is 5.05. The number of hydrogen-bond donors (Lipinski definition) is 1. The zero-order chi connectivity index (χ0) is 19.1. The van der Waals surface area contributed by atoms with Crippen molar-refractivity contribution in [2.45, 2.75) is 13.8 Å². The molecule has 4 nitrogen and oxygen atoms in total. The number of amides is 1. The summed E-state index contributed by atoms with van der Waals surface area (Å²) in [6, 6.07) is 23.7. The van der Waals surface area contributed by atoms with Crippen molar-refractivity contribution in [2.24, 2.45) is 5.10 Å². The van der Waals surface area contributed by atoms with Crippen molar-refractivity contribution in [3.05, 3.63) is 89.5 Å². The molecule has 4 heteroatoms. The Labute approximate surface area is 159 Å². The summed E-state index contributed by atoms with van der Waals surface area (Å²) in [5.74, 6) is 0.357. The minimum atomic E-state index is -0.307. The number of nitrogens with zero attached hydrogens (tertiary/aromatic N) is 1. The highest BCUT2D eigenvalue weighted by Gasteiger charge is 2.07. The zero-order valence-corrected chi connectivity index (χ0v) is 15.5. The predicted molar refractivity (Wildman–Crippen MR) is 109 cm³/mol. The molecule has 0 heterocycles. The third-order valence-electron chi connectivity index (χ3n) is 4.15. The van der Waals surface area contributed by atoms with Crippen molar-refractivity contribution < 1.29 is 9.53 Å². The molecule has 1 N–H and O–H groups in total. The number of aryl methyl sites for hydroxylation is 2. The van der Waals surface area contributed by atoms with Crippen LogP contribution in [0.25, 0.3) is 11.1 Å². The van der Waals surface area contributed by atoms with E-state index in [0.717, 1.165) is 22.3 Å².